The first-order chi connectivity index (χ1) is 5.02. The zero-order valence-electron chi connectivity index (χ0n) is 5.86. The van der Waals surface area contributed by atoms with Gasteiger partial charge in [-0.25, -0.2) is 0 Å². The van der Waals surface area contributed by atoms with Gasteiger partial charge in [0, 0.05) is 11.3 Å². The summed E-state index contributed by atoms with van der Waals surface area (Å²) in [6.07, 6.45) is 0. The van der Waals surface area contributed by atoms with Gasteiger partial charge in [-0.05, 0) is 6.07 Å². The average Bonchev–Trinajstić information content (AvgIpc) is 1.86. The third-order valence-corrected chi connectivity index (χ3v) is 1.36. The Balaban J connectivity index is 3.14. The topological polar surface area (TPSA) is 92.5 Å². The first kappa shape index (κ1) is 8.00. The number of para-hydroxylation sites is 1. The lowest BCUT2D eigenvalue weighted by atomic mass is 10.1. The van der Waals surface area contributed by atoms with E-state index in [9.17, 15) is 0 Å². The number of anilines is 1. The number of rotatable bonds is 1. The molecule has 0 amide bonds. The van der Waals surface area contributed by atoms with Crippen molar-refractivity contribution in [3.05, 3.63) is 29.8 Å². The second-order valence-corrected chi connectivity index (χ2v) is 2.31. The molecule has 1 aromatic carbocycles. The molecule has 0 aliphatic rings. The van der Waals surface area contributed by atoms with Gasteiger partial charge in [-0.3, -0.25) is 5.73 Å². The molecule has 0 aliphatic heterocycles. The van der Waals surface area contributed by atoms with Crippen LogP contribution in [0.4, 0.5) is 5.69 Å². The van der Waals surface area contributed by atoms with Crippen LogP contribution in [0.3, 0.4) is 0 Å². The van der Waals surface area contributed by atoms with Crippen LogP contribution in [0.1, 0.15) is 5.56 Å². The molecule has 0 heterocycles. The molecule has 60 valence electrons. The summed E-state index contributed by atoms with van der Waals surface area (Å²) < 4.78 is 0. The molecule has 0 fully saturated rings. The second-order valence-electron chi connectivity index (χ2n) is 2.31. The lowest BCUT2D eigenvalue weighted by Crippen LogP contribution is -2.36. The van der Waals surface area contributed by atoms with Gasteiger partial charge < -0.3 is 15.9 Å². The SMILES string of the molecule is Nc1ccccc1C(N)(O)O. The van der Waals surface area contributed by atoms with Crippen molar-refractivity contribution in [1.82, 2.24) is 0 Å². The minimum Gasteiger partial charge on any atom is -0.398 e. The lowest BCUT2D eigenvalue weighted by molar-refractivity contribution is -0.163. The number of aliphatic hydroxyl groups is 2. The molecule has 1 aromatic rings. The van der Waals surface area contributed by atoms with E-state index in [0.29, 0.717) is 0 Å². The average molecular weight is 154 g/mol. The Hall–Kier alpha value is -1.10. The predicted molar refractivity (Wildman–Crippen MR) is 41.2 cm³/mol. The summed E-state index contributed by atoms with van der Waals surface area (Å²) >= 11 is 0. The highest BCUT2D eigenvalue weighted by Gasteiger charge is 2.21. The van der Waals surface area contributed by atoms with Gasteiger partial charge in [0.15, 0.2) is 0 Å². The molecule has 0 atom stereocenters. The van der Waals surface area contributed by atoms with Gasteiger partial charge in [-0.1, -0.05) is 18.2 Å². The van der Waals surface area contributed by atoms with Crippen LogP contribution in [0.2, 0.25) is 0 Å². The van der Waals surface area contributed by atoms with Crippen LogP contribution in [0.15, 0.2) is 24.3 Å². The van der Waals surface area contributed by atoms with Crippen LogP contribution < -0.4 is 11.5 Å². The molecule has 0 spiro atoms. The summed E-state index contributed by atoms with van der Waals surface area (Å²) in [5.41, 5.74) is 10.8. The summed E-state index contributed by atoms with van der Waals surface area (Å²) in [6.45, 7) is 0. The standard InChI is InChI=1S/C7H10N2O2/c8-6-4-2-1-3-5(6)7(9,10)11/h1-4,10-11H,8-9H2. The smallest absolute Gasteiger partial charge is 0.250 e. The summed E-state index contributed by atoms with van der Waals surface area (Å²) in [6, 6.07) is 6.31. The molecule has 1 rings (SSSR count). The van der Waals surface area contributed by atoms with E-state index in [2.05, 4.69) is 0 Å². The first-order valence-electron chi connectivity index (χ1n) is 3.10. The predicted octanol–water partition coefficient (Wildman–Crippen LogP) is -0.678. The normalized spacial score (nSPS) is 11.5. The Bertz CT molecular complexity index is 255. The monoisotopic (exact) mass is 154 g/mol. The zero-order chi connectivity index (χ0) is 8.48. The Kier molecular flexibility index (Phi) is 1.82. The van der Waals surface area contributed by atoms with E-state index < -0.39 is 5.91 Å². The molecule has 6 N–H and O–H groups in total. The van der Waals surface area contributed by atoms with Gasteiger partial charge in [0.05, 0.1) is 0 Å². The second kappa shape index (κ2) is 2.50. The van der Waals surface area contributed by atoms with Crippen LogP contribution in [0, 0.1) is 0 Å². The molecule has 0 aliphatic carbocycles. The molecular formula is C7H10N2O2. The third-order valence-electron chi connectivity index (χ3n) is 1.36. The third kappa shape index (κ3) is 1.68. The van der Waals surface area contributed by atoms with Crippen molar-refractivity contribution in [2.45, 2.75) is 5.91 Å². The fraction of sp³-hybridized carbons (Fsp3) is 0.143. The van der Waals surface area contributed by atoms with E-state index in [0.717, 1.165) is 0 Å². The van der Waals surface area contributed by atoms with Gasteiger partial charge in [0.2, 0.25) is 5.91 Å². The van der Waals surface area contributed by atoms with E-state index in [-0.39, 0.29) is 11.3 Å². The van der Waals surface area contributed by atoms with E-state index in [1.54, 1.807) is 18.2 Å². The van der Waals surface area contributed by atoms with Crippen molar-refractivity contribution >= 4 is 5.69 Å². The number of benzene rings is 1. The zero-order valence-corrected chi connectivity index (χ0v) is 5.86. The van der Waals surface area contributed by atoms with Crippen molar-refractivity contribution in [3.63, 3.8) is 0 Å². The Morgan fingerprint density at radius 1 is 1.18 bits per heavy atom. The molecular weight excluding hydrogens is 144 g/mol. The maximum absolute atomic E-state index is 8.92. The van der Waals surface area contributed by atoms with E-state index in [4.69, 9.17) is 21.7 Å². The molecule has 0 unspecified atom stereocenters. The summed E-state index contributed by atoms with van der Waals surface area (Å²) in [5.74, 6) is -2.34. The fourth-order valence-corrected chi connectivity index (χ4v) is 0.832. The summed E-state index contributed by atoms with van der Waals surface area (Å²) in [4.78, 5) is 0. The lowest BCUT2D eigenvalue weighted by Gasteiger charge is -2.17. The maximum Gasteiger partial charge on any atom is 0.250 e. The van der Waals surface area contributed by atoms with Crippen LogP contribution >= 0.6 is 0 Å². The Morgan fingerprint density at radius 3 is 2.09 bits per heavy atom. The van der Waals surface area contributed by atoms with Gasteiger partial charge in [-0.15, -0.1) is 0 Å². The molecule has 4 nitrogen and oxygen atoms in total. The first-order valence-corrected chi connectivity index (χ1v) is 3.10. The van der Waals surface area contributed by atoms with Crippen LogP contribution in [-0.4, -0.2) is 10.2 Å². The molecule has 11 heavy (non-hydrogen) atoms. The van der Waals surface area contributed by atoms with Crippen molar-refractivity contribution < 1.29 is 10.2 Å². The van der Waals surface area contributed by atoms with Crippen molar-refractivity contribution in [1.29, 1.82) is 0 Å². The van der Waals surface area contributed by atoms with E-state index >= 15 is 0 Å². The summed E-state index contributed by atoms with van der Waals surface area (Å²) in [5, 5.41) is 17.8. The summed E-state index contributed by atoms with van der Waals surface area (Å²) in [7, 11) is 0. The number of hydrogen-bond donors (Lipinski definition) is 4. The van der Waals surface area contributed by atoms with Gasteiger partial charge in [0.25, 0.3) is 0 Å². The van der Waals surface area contributed by atoms with Gasteiger partial charge in [0.1, 0.15) is 0 Å². The van der Waals surface area contributed by atoms with Crippen molar-refractivity contribution in [2.24, 2.45) is 5.73 Å². The molecule has 4 heteroatoms. The highest BCUT2D eigenvalue weighted by atomic mass is 16.5. The van der Waals surface area contributed by atoms with Gasteiger partial charge >= 0.3 is 0 Å². The fourth-order valence-electron chi connectivity index (χ4n) is 0.832. The highest BCUT2D eigenvalue weighted by Crippen LogP contribution is 2.18. The highest BCUT2D eigenvalue weighted by molar-refractivity contribution is 5.48. The van der Waals surface area contributed by atoms with Crippen LogP contribution in [-0.2, 0) is 5.91 Å². The number of hydrogen-bond acceptors (Lipinski definition) is 4. The minimum absolute atomic E-state index is 0.111. The van der Waals surface area contributed by atoms with Gasteiger partial charge in [-0.2, -0.15) is 0 Å². The van der Waals surface area contributed by atoms with Crippen molar-refractivity contribution in [3.8, 4) is 0 Å². The number of nitrogen functional groups attached to an aromatic ring is 1. The van der Waals surface area contributed by atoms with Crippen molar-refractivity contribution in [2.75, 3.05) is 5.73 Å². The molecule has 0 aromatic heterocycles. The molecule has 0 radical (unpaired) electrons. The largest absolute Gasteiger partial charge is 0.398 e. The molecule has 0 saturated carbocycles. The van der Waals surface area contributed by atoms with E-state index in [1.807, 2.05) is 0 Å². The molecule has 0 bridgehead atoms. The maximum atomic E-state index is 8.92. The van der Waals surface area contributed by atoms with E-state index in [1.165, 1.54) is 6.07 Å². The Morgan fingerprint density at radius 2 is 1.73 bits per heavy atom. The minimum atomic E-state index is -2.34. The quantitative estimate of drug-likeness (QED) is 0.318. The Labute approximate surface area is 64.1 Å². The van der Waals surface area contributed by atoms with Crippen LogP contribution in [0.25, 0.3) is 0 Å². The number of nitrogens with two attached hydrogens (primary N) is 2. The van der Waals surface area contributed by atoms with Crippen LogP contribution in [0.5, 0.6) is 0 Å². The molecule has 0 saturated heterocycles.